The third-order valence-electron chi connectivity index (χ3n) is 5.07. The van der Waals surface area contributed by atoms with Crippen LogP contribution in [0.2, 0.25) is 0 Å². The highest BCUT2D eigenvalue weighted by Gasteiger charge is 2.36. The van der Waals surface area contributed by atoms with Gasteiger partial charge in [0.15, 0.2) is 0 Å². The van der Waals surface area contributed by atoms with E-state index in [1.807, 2.05) is 13.8 Å². The average molecular weight is 432 g/mol. The third-order valence-corrected chi connectivity index (χ3v) is 5.07. The molecule has 1 unspecified atom stereocenters. The number of anilines is 1. The van der Waals surface area contributed by atoms with E-state index >= 15 is 0 Å². The molecule has 1 aromatic carbocycles. The molecule has 2 rings (SSSR count). The van der Waals surface area contributed by atoms with Gasteiger partial charge in [-0.1, -0.05) is 32.4 Å². The highest BCUT2D eigenvalue weighted by atomic mass is 16.6. The molecule has 0 saturated carbocycles. The molecule has 1 aliphatic heterocycles. The Bertz CT molecular complexity index is 804. The summed E-state index contributed by atoms with van der Waals surface area (Å²) in [6, 6.07) is 6.24. The smallest absolute Gasteiger partial charge is 0.338 e. The summed E-state index contributed by atoms with van der Waals surface area (Å²) in [5.74, 6) is -0.522. The van der Waals surface area contributed by atoms with E-state index in [0.717, 1.165) is 24.8 Å². The molecule has 0 aliphatic carbocycles. The highest BCUT2D eigenvalue weighted by molar-refractivity contribution is 5.95. The molecule has 0 saturated heterocycles. The van der Waals surface area contributed by atoms with E-state index in [-0.39, 0.29) is 18.5 Å². The van der Waals surface area contributed by atoms with E-state index in [1.165, 1.54) is 7.11 Å². The molecule has 0 aromatic heterocycles. The maximum Gasteiger partial charge on any atom is 0.338 e. The van der Waals surface area contributed by atoms with Crippen molar-refractivity contribution in [2.45, 2.75) is 52.5 Å². The van der Waals surface area contributed by atoms with Crippen LogP contribution in [-0.2, 0) is 19.1 Å². The van der Waals surface area contributed by atoms with Crippen LogP contribution in [0.5, 0.6) is 0 Å². The second-order valence-electron chi connectivity index (χ2n) is 7.44. The zero-order chi connectivity index (χ0) is 22.8. The predicted octanol–water partition coefficient (Wildman–Crippen LogP) is 3.76. The number of hydrogen-bond acceptors (Lipinski definition) is 5. The minimum Gasteiger partial charge on any atom is -0.460 e. The minimum atomic E-state index is -0.638. The Morgan fingerprint density at radius 1 is 1.13 bits per heavy atom. The fourth-order valence-corrected chi connectivity index (χ4v) is 3.40. The van der Waals surface area contributed by atoms with Crippen molar-refractivity contribution in [2.75, 3.05) is 32.2 Å². The maximum absolute atomic E-state index is 12.9. The molecule has 0 bridgehead atoms. The number of urea groups is 1. The van der Waals surface area contributed by atoms with Gasteiger partial charge in [-0.15, -0.1) is 0 Å². The Balaban J connectivity index is 2.27. The monoisotopic (exact) mass is 431 g/mol. The molecule has 0 radical (unpaired) electrons. The molecule has 0 spiro atoms. The maximum atomic E-state index is 12.9. The Morgan fingerprint density at radius 3 is 2.45 bits per heavy atom. The first-order valence-electron chi connectivity index (χ1n) is 10.8. The summed E-state index contributed by atoms with van der Waals surface area (Å²) in [7, 11) is 1.54. The molecular weight excluding hydrogens is 398 g/mol. The lowest BCUT2D eigenvalue weighted by molar-refractivity contribution is -0.141. The first-order chi connectivity index (χ1) is 14.9. The predicted molar refractivity (Wildman–Crippen MR) is 118 cm³/mol. The Hall–Kier alpha value is -2.87. The number of esters is 1. The van der Waals surface area contributed by atoms with Gasteiger partial charge in [0.2, 0.25) is 5.91 Å². The first kappa shape index (κ1) is 24.4. The lowest BCUT2D eigenvalue weighted by Gasteiger charge is -2.35. The molecule has 0 fully saturated rings. The molecule has 8 heteroatoms. The second kappa shape index (κ2) is 12.1. The van der Waals surface area contributed by atoms with E-state index in [9.17, 15) is 14.4 Å². The fraction of sp³-hybridized carbons (Fsp3) is 0.522. The highest BCUT2D eigenvalue weighted by Crippen LogP contribution is 2.32. The average Bonchev–Trinajstić information content (AvgIpc) is 2.75. The summed E-state index contributed by atoms with van der Waals surface area (Å²) >= 11 is 0. The molecular formula is C23H33N3O5. The molecule has 1 aromatic rings. The number of allylic oxidation sites excluding steroid dienone is 1. The van der Waals surface area contributed by atoms with Gasteiger partial charge in [0.1, 0.15) is 6.61 Å². The third kappa shape index (κ3) is 6.55. The topological polar surface area (TPSA) is 97.0 Å². The van der Waals surface area contributed by atoms with Crippen molar-refractivity contribution in [3.8, 4) is 0 Å². The standard InChI is InChI=1S/C23H33N3O5/c1-5-7-8-19(27)24-18-11-9-17(10-12-18)21-20(22(28)31-15-14-30-4)16(3)26(13-6-2)23(29)25-21/h9-12,21H,5-8,13-15H2,1-4H3,(H,24,27)(H,25,29). The van der Waals surface area contributed by atoms with Gasteiger partial charge < -0.3 is 20.1 Å². The van der Waals surface area contributed by atoms with Gasteiger partial charge in [0.25, 0.3) is 0 Å². The number of unbranched alkanes of at least 4 members (excludes halogenated alkanes) is 1. The van der Waals surface area contributed by atoms with Crippen LogP contribution in [0, 0.1) is 0 Å². The van der Waals surface area contributed by atoms with Gasteiger partial charge in [-0.25, -0.2) is 9.59 Å². The quantitative estimate of drug-likeness (QED) is 0.411. The van der Waals surface area contributed by atoms with Gasteiger partial charge in [0, 0.05) is 31.5 Å². The molecule has 2 N–H and O–H groups in total. The number of benzene rings is 1. The van der Waals surface area contributed by atoms with E-state index in [2.05, 4.69) is 10.6 Å². The van der Waals surface area contributed by atoms with Crippen LogP contribution in [0.4, 0.5) is 10.5 Å². The number of methoxy groups -OCH3 is 1. The summed E-state index contributed by atoms with van der Waals surface area (Å²) in [6.07, 6.45) is 3.03. The first-order valence-corrected chi connectivity index (χ1v) is 10.8. The van der Waals surface area contributed by atoms with Crippen LogP contribution in [-0.4, -0.2) is 49.7 Å². The van der Waals surface area contributed by atoms with Crippen LogP contribution in [0.25, 0.3) is 0 Å². The molecule has 3 amide bonds. The van der Waals surface area contributed by atoms with E-state index in [1.54, 1.807) is 36.1 Å². The second-order valence-corrected chi connectivity index (χ2v) is 7.44. The van der Waals surface area contributed by atoms with Crippen molar-refractivity contribution >= 4 is 23.6 Å². The number of nitrogens with zero attached hydrogens (tertiary/aromatic N) is 1. The van der Waals surface area contributed by atoms with Crippen molar-refractivity contribution in [2.24, 2.45) is 0 Å². The molecule has 170 valence electrons. The van der Waals surface area contributed by atoms with Crippen LogP contribution >= 0.6 is 0 Å². The number of nitrogens with one attached hydrogen (secondary N) is 2. The van der Waals surface area contributed by atoms with Crippen LogP contribution in [0.15, 0.2) is 35.5 Å². The summed E-state index contributed by atoms with van der Waals surface area (Å²) in [4.78, 5) is 39.1. The zero-order valence-corrected chi connectivity index (χ0v) is 18.8. The SMILES string of the molecule is CCCCC(=O)Nc1ccc(C2NC(=O)N(CCC)C(C)=C2C(=O)OCCOC)cc1. The van der Waals surface area contributed by atoms with Gasteiger partial charge in [-0.3, -0.25) is 9.69 Å². The fourth-order valence-electron chi connectivity index (χ4n) is 3.40. The van der Waals surface area contributed by atoms with Crippen molar-refractivity contribution in [3.63, 3.8) is 0 Å². The number of carbonyl (C=O) groups is 3. The molecule has 31 heavy (non-hydrogen) atoms. The minimum absolute atomic E-state index is 0.0334. The van der Waals surface area contributed by atoms with Gasteiger partial charge in [-0.05, 0) is 37.5 Å². The molecule has 1 aliphatic rings. The number of carbonyl (C=O) groups excluding carboxylic acids is 3. The number of rotatable bonds is 11. The van der Waals surface area contributed by atoms with E-state index in [4.69, 9.17) is 9.47 Å². The summed E-state index contributed by atoms with van der Waals surface area (Å²) in [6.45, 7) is 6.69. The molecule has 1 heterocycles. The van der Waals surface area contributed by atoms with Crippen LogP contribution in [0.3, 0.4) is 0 Å². The summed E-state index contributed by atoms with van der Waals surface area (Å²) in [5, 5.41) is 5.78. The number of amides is 3. The number of hydrogen-bond donors (Lipinski definition) is 2. The number of ether oxygens (including phenoxy) is 2. The van der Waals surface area contributed by atoms with Gasteiger partial charge >= 0.3 is 12.0 Å². The van der Waals surface area contributed by atoms with Crippen LogP contribution < -0.4 is 10.6 Å². The van der Waals surface area contributed by atoms with E-state index in [0.29, 0.717) is 36.5 Å². The largest absolute Gasteiger partial charge is 0.460 e. The van der Waals surface area contributed by atoms with Crippen molar-refractivity contribution in [1.29, 1.82) is 0 Å². The van der Waals surface area contributed by atoms with Gasteiger partial charge in [0.05, 0.1) is 18.2 Å². The van der Waals surface area contributed by atoms with Crippen LogP contribution in [0.1, 0.15) is 58.1 Å². The summed E-state index contributed by atoms with van der Waals surface area (Å²) in [5.41, 5.74) is 2.37. The lowest BCUT2D eigenvalue weighted by Crippen LogP contribution is -2.48. The molecule has 8 nitrogen and oxygen atoms in total. The molecule has 1 atom stereocenters. The van der Waals surface area contributed by atoms with Crippen molar-refractivity contribution in [3.05, 3.63) is 41.1 Å². The Labute approximate surface area is 184 Å². The zero-order valence-electron chi connectivity index (χ0n) is 18.8. The Morgan fingerprint density at radius 2 is 1.84 bits per heavy atom. The van der Waals surface area contributed by atoms with Gasteiger partial charge in [-0.2, -0.15) is 0 Å². The Kier molecular flexibility index (Phi) is 9.52. The van der Waals surface area contributed by atoms with E-state index < -0.39 is 12.0 Å². The normalized spacial score (nSPS) is 16.2. The summed E-state index contributed by atoms with van der Waals surface area (Å²) < 4.78 is 10.3. The van der Waals surface area contributed by atoms with Crippen molar-refractivity contribution < 1.29 is 23.9 Å². The lowest BCUT2D eigenvalue weighted by atomic mass is 9.94. The van der Waals surface area contributed by atoms with Crippen molar-refractivity contribution in [1.82, 2.24) is 10.2 Å².